The van der Waals surface area contributed by atoms with Gasteiger partial charge in [0.05, 0.1) is 23.9 Å². The topological polar surface area (TPSA) is 70.4 Å². The standard InChI is InChI=1S/C17H21FN4O2/c1-21-6-5-16(23)15(11-21)17(24)19-8-12-9-20-22(10-12)14-4-2-3-13(18)7-14/h2-4,7,9-10,15-16,23H,5-6,8,11H2,1H3,(H,19,24)/t15-,16+/m1/s1. The summed E-state index contributed by atoms with van der Waals surface area (Å²) < 4.78 is 14.8. The smallest absolute Gasteiger partial charge is 0.227 e. The van der Waals surface area contributed by atoms with Crippen molar-refractivity contribution >= 4 is 5.91 Å². The molecule has 2 aromatic rings. The highest BCUT2D eigenvalue weighted by molar-refractivity contribution is 5.79. The van der Waals surface area contributed by atoms with E-state index in [-0.39, 0.29) is 11.7 Å². The van der Waals surface area contributed by atoms with E-state index in [1.807, 2.05) is 11.9 Å². The lowest BCUT2D eigenvalue weighted by Gasteiger charge is -2.32. The first-order valence-corrected chi connectivity index (χ1v) is 7.97. The molecule has 2 heterocycles. The molecule has 1 fully saturated rings. The number of likely N-dealkylation sites (tertiary alicyclic amines) is 1. The molecule has 24 heavy (non-hydrogen) atoms. The Morgan fingerprint density at radius 1 is 1.50 bits per heavy atom. The SMILES string of the molecule is CN1CC[C@H](O)[C@H](C(=O)NCc2cnn(-c3cccc(F)c3)c2)C1. The molecule has 1 amide bonds. The first-order valence-electron chi connectivity index (χ1n) is 7.97. The van der Waals surface area contributed by atoms with Crippen LogP contribution >= 0.6 is 0 Å². The molecule has 0 saturated carbocycles. The summed E-state index contributed by atoms with van der Waals surface area (Å²) in [4.78, 5) is 14.3. The number of piperidine rings is 1. The fourth-order valence-corrected chi connectivity index (χ4v) is 2.89. The Balaban J connectivity index is 1.60. The molecule has 1 aliphatic rings. The van der Waals surface area contributed by atoms with Gasteiger partial charge < -0.3 is 15.3 Å². The van der Waals surface area contributed by atoms with Gasteiger partial charge in [0, 0.05) is 31.4 Å². The van der Waals surface area contributed by atoms with Crippen molar-refractivity contribution in [3.05, 3.63) is 48.0 Å². The van der Waals surface area contributed by atoms with Crippen molar-refractivity contribution < 1.29 is 14.3 Å². The van der Waals surface area contributed by atoms with Gasteiger partial charge in [-0.05, 0) is 31.7 Å². The Hall–Kier alpha value is -2.25. The second-order valence-corrected chi connectivity index (χ2v) is 6.22. The molecule has 3 rings (SSSR count). The van der Waals surface area contributed by atoms with E-state index in [1.54, 1.807) is 29.2 Å². The molecule has 0 bridgehead atoms. The van der Waals surface area contributed by atoms with Gasteiger partial charge in [-0.15, -0.1) is 0 Å². The highest BCUT2D eigenvalue weighted by Gasteiger charge is 2.31. The van der Waals surface area contributed by atoms with Gasteiger partial charge in [0.15, 0.2) is 0 Å². The number of hydrogen-bond donors (Lipinski definition) is 2. The molecule has 1 aromatic carbocycles. The molecule has 1 aromatic heterocycles. The predicted molar refractivity (Wildman–Crippen MR) is 87.0 cm³/mol. The Morgan fingerprint density at radius 2 is 2.33 bits per heavy atom. The zero-order chi connectivity index (χ0) is 17.1. The van der Waals surface area contributed by atoms with Crippen molar-refractivity contribution in [2.75, 3.05) is 20.1 Å². The van der Waals surface area contributed by atoms with Crippen LogP contribution in [0.1, 0.15) is 12.0 Å². The van der Waals surface area contributed by atoms with E-state index < -0.39 is 12.0 Å². The summed E-state index contributed by atoms with van der Waals surface area (Å²) >= 11 is 0. The number of benzene rings is 1. The average molecular weight is 332 g/mol. The molecule has 0 unspecified atom stereocenters. The Labute approximate surface area is 139 Å². The van der Waals surface area contributed by atoms with Gasteiger partial charge in [-0.25, -0.2) is 9.07 Å². The third kappa shape index (κ3) is 3.80. The van der Waals surface area contributed by atoms with Gasteiger partial charge in [-0.1, -0.05) is 6.07 Å². The molecule has 2 N–H and O–H groups in total. The monoisotopic (exact) mass is 332 g/mol. The van der Waals surface area contributed by atoms with E-state index in [4.69, 9.17) is 0 Å². The molecule has 128 valence electrons. The molecule has 7 heteroatoms. The molecule has 1 saturated heterocycles. The maximum atomic E-state index is 13.3. The van der Waals surface area contributed by atoms with Gasteiger partial charge in [0.25, 0.3) is 0 Å². The molecular weight excluding hydrogens is 311 g/mol. The Bertz CT molecular complexity index is 718. The summed E-state index contributed by atoms with van der Waals surface area (Å²) in [5.74, 6) is -0.900. The number of rotatable bonds is 4. The van der Waals surface area contributed by atoms with Crippen LogP contribution in [0.5, 0.6) is 0 Å². The van der Waals surface area contributed by atoms with E-state index in [0.717, 1.165) is 12.1 Å². The molecule has 0 aliphatic carbocycles. The lowest BCUT2D eigenvalue weighted by atomic mass is 9.94. The van der Waals surface area contributed by atoms with E-state index in [9.17, 15) is 14.3 Å². The average Bonchev–Trinajstić information content (AvgIpc) is 3.04. The first kappa shape index (κ1) is 16.6. The minimum Gasteiger partial charge on any atom is -0.392 e. The van der Waals surface area contributed by atoms with E-state index >= 15 is 0 Å². The van der Waals surface area contributed by atoms with Crippen molar-refractivity contribution in [3.63, 3.8) is 0 Å². The van der Waals surface area contributed by atoms with Crippen LogP contribution in [0.4, 0.5) is 4.39 Å². The number of aromatic nitrogens is 2. The highest BCUT2D eigenvalue weighted by atomic mass is 19.1. The predicted octanol–water partition coefficient (Wildman–Crippen LogP) is 0.940. The number of hydrogen-bond acceptors (Lipinski definition) is 4. The van der Waals surface area contributed by atoms with E-state index in [1.165, 1.54) is 12.1 Å². The second-order valence-electron chi connectivity index (χ2n) is 6.22. The van der Waals surface area contributed by atoms with Gasteiger partial charge >= 0.3 is 0 Å². The van der Waals surface area contributed by atoms with Crippen molar-refractivity contribution in [3.8, 4) is 5.69 Å². The molecular formula is C17H21FN4O2. The van der Waals surface area contributed by atoms with Crippen LogP contribution < -0.4 is 5.32 Å². The van der Waals surface area contributed by atoms with Crippen LogP contribution in [0, 0.1) is 11.7 Å². The minimum atomic E-state index is -0.601. The lowest BCUT2D eigenvalue weighted by Crippen LogP contribution is -2.48. The van der Waals surface area contributed by atoms with Gasteiger partial charge in [-0.2, -0.15) is 5.10 Å². The van der Waals surface area contributed by atoms with Gasteiger partial charge in [0.2, 0.25) is 5.91 Å². The summed E-state index contributed by atoms with van der Waals surface area (Å²) in [5, 5.41) is 17.0. The van der Waals surface area contributed by atoms with E-state index in [0.29, 0.717) is 25.2 Å². The van der Waals surface area contributed by atoms with Crippen molar-refractivity contribution in [1.29, 1.82) is 0 Å². The normalized spacial score (nSPS) is 21.6. The third-order valence-corrected chi connectivity index (χ3v) is 4.29. The van der Waals surface area contributed by atoms with Crippen molar-refractivity contribution in [2.24, 2.45) is 5.92 Å². The van der Waals surface area contributed by atoms with Crippen LogP contribution in [-0.2, 0) is 11.3 Å². The molecule has 0 radical (unpaired) electrons. The van der Waals surface area contributed by atoms with Crippen LogP contribution in [0.3, 0.4) is 0 Å². The summed E-state index contributed by atoms with van der Waals surface area (Å²) in [6.07, 6.45) is 3.38. The Kier molecular flexibility index (Phi) is 4.92. The van der Waals surface area contributed by atoms with Gasteiger partial charge in [-0.3, -0.25) is 4.79 Å². The van der Waals surface area contributed by atoms with Crippen LogP contribution in [0.15, 0.2) is 36.7 Å². The fourth-order valence-electron chi connectivity index (χ4n) is 2.89. The van der Waals surface area contributed by atoms with Crippen LogP contribution in [0.2, 0.25) is 0 Å². The van der Waals surface area contributed by atoms with Crippen LogP contribution in [0.25, 0.3) is 5.69 Å². The number of carbonyl (C=O) groups is 1. The van der Waals surface area contributed by atoms with Crippen molar-refractivity contribution in [2.45, 2.75) is 19.1 Å². The minimum absolute atomic E-state index is 0.160. The number of aliphatic hydroxyl groups excluding tert-OH is 1. The summed E-state index contributed by atoms with van der Waals surface area (Å²) in [6, 6.07) is 6.14. The lowest BCUT2D eigenvalue weighted by molar-refractivity contribution is -0.131. The van der Waals surface area contributed by atoms with Gasteiger partial charge in [0.1, 0.15) is 5.82 Å². The molecule has 2 atom stereocenters. The third-order valence-electron chi connectivity index (χ3n) is 4.29. The number of halogens is 1. The Morgan fingerprint density at radius 3 is 3.12 bits per heavy atom. The number of nitrogens with zero attached hydrogens (tertiary/aromatic N) is 3. The number of amides is 1. The summed E-state index contributed by atoms with van der Waals surface area (Å²) in [5.41, 5.74) is 1.43. The van der Waals surface area contributed by atoms with E-state index in [2.05, 4.69) is 10.4 Å². The maximum Gasteiger partial charge on any atom is 0.227 e. The van der Waals surface area contributed by atoms with Crippen molar-refractivity contribution in [1.82, 2.24) is 20.0 Å². The largest absolute Gasteiger partial charge is 0.392 e. The molecule has 1 aliphatic heterocycles. The summed E-state index contributed by atoms with van der Waals surface area (Å²) in [7, 11) is 1.94. The number of nitrogens with one attached hydrogen (secondary N) is 1. The summed E-state index contributed by atoms with van der Waals surface area (Å²) in [6.45, 7) is 1.67. The quantitative estimate of drug-likeness (QED) is 0.874. The zero-order valence-electron chi connectivity index (χ0n) is 13.5. The second kappa shape index (κ2) is 7.11. The number of aliphatic hydroxyl groups is 1. The van der Waals surface area contributed by atoms with Crippen LogP contribution in [-0.4, -0.2) is 51.9 Å². The first-order chi connectivity index (χ1) is 11.5. The molecule has 6 nitrogen and oxygen atoms in total. The zero-order valence-corrected chi connectivity index (χ0v) is 13.5. The number of carbonyl (C=O) groups excluding carboxylic acids is 1. The molecule has 0 spiro atoms. The maximum absolute atomic E-state index is 13.3. The fraction of sp³-hybridized carbons (Fsp3) is 0.412. The highest BCUT2D eigenvalue weighted by Crippen LogP contribution is 2.16.